The third-order valence-corrected chi connectivity index (χ3v) is 6.21. The number of rotatable bonds is 4. The first-order valence-electron chi connectivity index (χ1n) is 9.67. The summed E-state index contributed by atoms with van der Waals surface area (Å²) in [6, 6.07) is 11.5. The van der Waals surface area contributed by atoms with Crippen molar-refractivity contribution in [3.8, 4) is 5.75 Å². The van der Waals surface area contributed by atoms with Gasteiger partial charge in [-0.15, -0.1) is 0 Å². The maximum Gasteiger partial charge on any atom is 0.294 e. The first-order chi connectivity index (χ1) is 14.1. The number of hydrogen-bond acceptors (Lipinski definition) is 5. The zero-order valence-corrected chi connectivity index (χ0v) is 17.0. The van der Waals surface area contributed by atoms with Crippen molar-refractivity contribution in [2.75, 3.05) is 26.7 Å². The second-order valence-corrected chi connectivity index (χ2v) is 8.11. The number of carbonyl (C=O) groups is 3. The average Bonchev–Trinajstić information content (AvgIpc) is 3.02. The molecule has 0 radical (unpaired) electrons. The molecule has 3 amide bonds. The molecule has 4 rings (SSSR count). The number of ether oxygens (including phenoxy) is 1. The van der Waals surface area contributed by atoms with Crippen LogP contribution in [-0.2, 0) is 9.59 Å². The first-order valence-corrected chi connectivity index (χ1v) is 10.5. The zero-order valence-electron chi connectivity index (χ0n) is 16.2. The van der Waals surface area contributed by atoms with Crippen molar-refractivity contribution in [1.29, 1.82) is 0 Å². The number of carbonyl (C=O) groups excluding carboxylic acids is 3. The van der Waals surface area contributed by atoms with Crippen LogP contribution in [0.4, 0.5) is 4.79 Å². The summed E-state index contributed by atoms with van der Waals surface area (Å²) in [7, 11) is 1.62. The standard InChI is InChI=1S/C22H22N2O4S/c1-28-18-10-9-15(16-7-3-4-8-17(16)18)13-19-21(26)24(22(27)29-19)14-20(25)23-11-5-2-6-12-23/h3-4,7-10,13H,2,5-6,11-12,14H2,1H3/b19-13-. The monoisotopic (exact) mass is 410 g/mol. The van der Waals surface area contributed by atoms with Gasteiger partial charge >= 0.3 is 0 Å². The molecule has 29 heavy (non-hydrogen) atoms. The van der Waals surface area contributed by atoms with Crippen molar-refractivity contribution >= 4 is 45.7 Å². The number of nitrogens with zero attached hydrogens (tertiary/aromatic N) is 2. The Kier molecular flexibility index (Phi) is 5.58. The van der Waals surface area contributed by atoms with Crippen LogP contribution in [0.2, 0.25) is 0 Å². The summed E-state index contributed by atoms with van der Waals surface area (Å²) >= 11 is 0.880. The fourth-order valence-electron chi connectivity index (χ4n) is 3.75. The van der Waals surface area contributed by atoms with E-state index in [0.717, 1.165) is 58.0 Å². The molecule has 0 aliphatic carbocycles. The lowest BCUT2D eigenvalue weighted by molar-refractivity contribution is -0.136. The van der Waals surface area contributed by atoms with E-state index in [1.165, 1.54) is 0 Å². The fourth-order valence-corrected chi connectivity index (χ4v) is 4.58. The van der Waals surface area contributed by atoms with E-state index in [9.17, 15) is 14.4 Å². The third-order valence-electron chi connectivity index (χ3n) is 5.30. The molecule has 2 fully saturated rings. The quantitative estimate of drug-likeness (QED) is 0.716. The maximum atomic E-state index is 12.8. The molecular formula is C22H22N2O4S. The Morgan fingerprint density at radius 2 is 1.79 bits per heavy atom. The van der Waals surface area contributed by atoms with Crippen molar-refractivity contribution in [1.82, 2.24) is 9.80 Å². The molecule has 0 unspecified atom stereocenters. The number of thioether (sulfide) groups is 1. The number of piperidine rings is 1. The normalized spacial score (nSPS) is 18.7. The average molecular weight is 410 g/mol. The van der Waals surface area contributed by atoms with Gasteiger partial charge < -0.3 is 9.64 Å². The van der Waals surface area contributed by atoms with Gasteiger partial charge in [0.1, 0.15) is 12.3 Å². The van der Waals surface area contributed by atoms with Crippen molar-refractivity contribution < 1.29 is 19.1 Å². The molecule has 150 valence electrons. The molecule has 0 bridgehead atoms. The van der Waals surface area contributed by atoms with Gasteiger partial charge in [-0.3, -0.25) is 19.3 Å². The van der Waals surface area contributed by atoms with Gasteiger partial charge in [0.15, 0.2) is 0 Å². The Balaban J connectivity index is 1.58. The van der Waals surface area contributed by atoms with Crippen LogP contribution in [0, 0.1) is 0 Å². The van der Waals surface area contributed by atoms with Crippen LogP contribution in [0.25, 0.3) is 16.8 Å². The lowest BCUT2D eigenvalue weighted by Crippen LogP contribution is -2.44. The number of likely N-dealkylation sites (tertiary alicyclic amines) is 1. The fraction of sp³-hybridized carbons (Fsp3) is 0.318. The van der Waals surface area contributed by atoms with E-state index >= 15 is 0 Å². The van der Waals surface area contributed by atoms with Gasteiger partial charge in [0.05, 0.1) is 12.0 Å². The minimum Gasteiger partial charge on any atom is -0.496 e. The molecule has 2 aromatic carbocycles. The number of amides is 3. The molecule has 0 saturated carbocycles. The molecule has 0 spiro atoms. The molecular weight excluding hydrogens is 388 g/mol. The third kappa shape index (κ3) is 3.87. The number of hydrogen-bond donors (Lipinski definition) is 0. The summed E-state index contributed by atoms with van der Waals surface area (Å²) in [6.45, 7) is 1.21. The zero-order chi connectivity index (χ0) is 20.4. The summed E-state index contributed by atoms with van der Waals surface area (Å²) < 4.78 is 5.41. The van der Waals surface area contributed by atoms with Gasteiger partial charge in [0, 0.05) is 18.5 Å². The van der Waals surface area contributed by atoms with Gasteiger partial charge in [-0.2, -0.15) is 0 Å². The van der Waals surface area contributed by atoms with Gasteiger partial charge in [0.2, 0.25) is 5.91 Å². The largest absolute Gasteiger partial charge is 0.496 e. The van der Waals surface area contributed by atoms with E-state index in [1.54, 1.807) is 18.1 Å². The first kappa shape index (κ1) is 19.5. The van der Waals surface area contributed by atoms with Gasteiger partial charge in [-0.25, -0.2) is 0 Å². The molecule has 2 aliphatic rings. The van der Waals surface area contributed by atoms with E-state index in [1.807, 2.05) is 36.4 Å². The van der Waals surface area contributed by atoms with Crippen LogP contribution < -0.4 is 4.74 Å². The lowest BCUT2D eigenvalue weighted by atomic mass is 10.0. The Labute approximate surface area is 173 Å². The van der Waals surface area contributed by atoms with Gasteiger partial charge in [-0.05, 0) is 54.1 Å². The predicted octanol–water partition coefficient (Wildman–Crippen LogP) is 3.90. The highest BCUT2D eigenvalue weighted by molar-refractivity contribution is 8.18. The molecule has 0 atom stereocenters. The highest BCUT2D eigenvalue weighted by atomic mass is 32.2. The van der Waals surface area contributed by atoms with Crippen molar-refractivity contribution in [2.24, 2.45) is 0 Å². The Morgan fingerprint density at radius 3 is 2.52 bits per heavy atom. The van der Waals surface area contributed by atoms with Crippen LogP contribution in [0.1, 0.15) is 24.8 Å². The summed E-state index contributed by atoms with van der Waals surface area (Å²) in [5.41, 5.74) is 0.828. The molecule has 2 aromatic rings. The van der Waals surface area contributed by atoms with Gasteiger partial charge in [-0.1, -0.05) is 30.3 Å². The smallest absolute Gasteiger partial charge is 0.294 e. The summed E-state index contributed by atoms with van der Waals surface area (Å²) in [4.78, 5) is 40.8. The van der Waals surface area contributed by atoms with Crippen LogP contribution >= 0.6 is 11.8 Å². The van der Waals surface area contributed by atoms with E-state index in [2.05, 4.69) is 0 Å². The predicted molar refractivity (Wildman–Crippen MR) is 114 cm³/mol. The van der Waals surface area contributed by atoms with Crippen LogP contribution in [0.15, 0.2) is 41.3 Å². The minimum absolute atomic E-state index is 0.164. The van der Waals surface area contributed by atoms with E-state index < -0.39 is 11.1 Å². The SMILES string of the molecule is COc1ccc(/C=C2\SC(=O)N(CC(=O)N3CCCCC3)C2=O)c2ccccc12. The second kappa shape index (κ2) is 8.29. The molecule has 2 saturated heterocycles. The van der Waals surface area contributed by atoms with Crippen LogP contribution in [0.5, 0.6) is 5.75 Å². The minimum atomic E-state index is -0.412. The van der Waals surface area contributed by atoms with Gasteiger partial charge in [0.25, 0.3) is 11.1 Å². The molecule has 0 aromatic heterocycles. The van der Waals surface area contributed by atoms with E-state index in [0.29, 0.717) is 18.0 Å². The van der Waals surface area contributed by atoms with E-state index in [-0.39, 0.29) is 12.5 Å². The highest BCUT2D eigenvalue weighted by Gasteiger charge is 2.37. The lowest BCUT2D eigenvalue weighted by Gasteiger charge is -2.27. The Hall–Kier alpha value is -2.80. The Bertz CT molecular complexity index is 1010. The van der Waals surface area contributed by atoms with Crippen LogP contribution in [-0.4, -0.2) is 53.6 Å². The summed E-state index contributed by atoms with van der Waals surface area (Å²) in [5, 5.41) is 1.47. The highest BCUT2D eigenvalue weighted by Crippen LogP contribution is 2.35. The van der Waals surface area contributed by atoms with Crippen molar-refractivity contribution in [3.05, 3.63) is 46.9 Å². The molecule has 0 N–H and O–H groups in total. The topological polar surface area (TPSA) is 66.9 Å². The molecule has 6 nitrogen and oxygen atoms in total. The van der Waals surface area contributed by atoms with E-state index in [4.69, 9.17) is 4.74 Å². The second-order valence-electron chi connectivity index (χ2n) is 7.11. The van der Waals surface area contributed by atoms with Crippen molar-refractivity contribution in [2.45, 2.75) is 19.3 Å². The number of methoxy groups -OCH3 is 1. The summed E-state index contributed by atoms with van der Waals surface area (Å²) in [6.07, 6.45) is 4.78. The molecule has 2 aliphatic heterocycles. The maximum absolute atomic E-state index is 12.8. The molecule has 7 heteroatoms. The number of benzene rings is 2. The van der Waals surface area contributed by atoms with Crippen molar-refractivity contribution in [3.63, 3.8) is 0 Å². The summed E-state index contributed by atoms with van der Waals surface area (Å²) in [5.74, 6) is 0.173. The Morgan fingerprint density at radius 1 is 1.07 bits per heavy atom. The molecule has 2 heterocycles. The number of imide groups is 1. The number of fused-ring (bicyclic) bond motifs is 1. The van der Waals surface area contributed by atoms with Crippen LogP contribution in [0.3, 0.4) is 0 Å².